The zero-order valence-corrected chi connectivity index (χ0v) is 15.7. The fourth-order valence-corrected chi connectivity index (χ4v) is 2.30. The van der Waals surface area contributed by atoms with Gasteiger partial charge in [-0.25, -0.2) is 4.79 Å². The lowest BCUT2D eigenvalue weighted by Gasteiger charge is -2.16. The number of hydrogen-bond acceptors (Lipinski definition) is 5. The third kappa shape index (κ3) is 6.12. The second-order valence-corrected chi connectivity index (χ2v) is 6.12. The Balaban J connectivity index is 1.95. The summed E-state index contributed by atoms with van der Waals surface area (Å²) in [5.41, 5.74) is -1.05. The molecule has 0 aromatic heterocycles. The number of anilines is 1. The zero-order valence-electron chi connectivity index (χ0n) is 14.9. The average Bonchev–Trinajstić information content (AvgIpc) is 2.67. The summed E-state index contributed by atoms with van der Waals surface area (Å²) in [5.74, 6) is -1.62. The van der Waals surface area contributed by atoms with Gasteiger partial charge in [-0.05, 0) is 37.3 Å². The molecule has 0 radical (unpaired) electrons. The standard InChI is InChI=1S/C19H14ClF3N2O4/c1-11(29-17(26)10-28-16-5-3-2-4-12(16)9-24)18(27)25-15-8-13(19(21,22)23)6-7-14(15)20/h2-8,11H,10H2,1H3,(H,25,27). The maximum atomic E-state index is 12.8. The van der Waals surface area contributed by atoms with Crippen molar-refractivity contribution in [3.63, 3.8) is 0 Å². The van der Waals surface area contributed by atoms with Crippen LogP contribution in [0, 0.1) is 11.3 Å². The number of hydrogen-bond donors (Lipinski definition) is 1. The van der Waals surface area contributed by atoms with E-state index < -0.39 is 36.3 Å². The van der Waals surface area contributed by atoms with Crippen molar-refractivity contribution in [1.82, 2.24) is 0 Å². The molecule has 0 saturated heterocycles. The Morgan fingerprint density at radius 1 is 1.24 bits per heavy atom. The molecule has 1 atom stereocenters. The molecule has 0 bridgehead atoms. The molecule has 2 aromatic carbocycles. The number of ether oxygens (including phenoxy) is 2. The fraction of sp³-hybridized carbons (Fsp3) is 0.211. The molecule has 0 aliphatic carbocycles. The third-order valence-corrected chi connectivity index (χ3v) is 3.91. The van der Waals surface area contributed by atoms with Crippen molar-refractivity contribution in [2.45, 2.75) is 19.2 Å². The third-order valence-electron chi connectivity index (χ3n) is 3.58. The van der Waals surface area contributed by atoms with Crippen LogP contribution in [0.4, 0.5) is 18.9 Å². The smallest absolute Gasteiger partial charge is 0.416 e. The first kappa shape index (κ1) is 22.0. The highest BCUT2D eigenvalue weighted by Gasteiger charge is 2.31. The van der Waals surface area contributed by atoms with E-state index in [1.165, 1.54) is 19.1 Å². The molecular weight excluding hydrogens is 413 g/mol. The second-order valence-electron chi connectivity index (χ2n) is 5.71. The maximum absolute atomic E-state index is 12.8. The predicted octanol–water partition coefficient (Wildman–Crippen LogP) is 4.18. The normalized spacial score (nSPS) is 11.9. The van der Waals surface area contributed by atoms with Crippen LogP contribution in [0.15, 0.2) is 42.5 Å². The van der Waals surface area contributed by atoms with Crippen LogP contribution in [0.2, 0.25) is 5.02 Å². The summed E-state index contributed by atoms with van der Waals surface area (Å²) in [6.45, 7) is 0.665. The number of halogens is 4. The summed E-state index contributed by atoms with van der Waals surface area (Å²) in [6.07, 6.45) is -5.94. The van der Waals surface area contributed by atoms with Crippen LogP contribution in [-0.4, -0.2) is 24.6 Å². The molecule has 6 nitrogen and oxygen atoms in total. The van der Waals surface area contributed by atoms with E-state index in [4.69, 9.17) is 26.3 Å². The number of nitrogens with zero attached hydrogens (tertiary/aromatic N) is 1. The first-order valence-electron chi connectivity index (χ1n) is 8.11. The van der Waals surface area contributed by atoms with Gasteiger partial charge < -0.3 is 14.8 Å². The van der Waals surface area contributed by atoms with E-state index in [1.54, 1.807) is 12.1 Å². The lowest BCUT2D eigenvalue weighted by atomic mass is 10.2. The molecular formula is C19H14ClF3N2O4. The number of carbonyl (C=O) groups is 2. The fourth-order valence-electron chi connectivity index (χ4n) is 2.14. The van der Waals surface area contributed by atoms with Crippen LogP contribution in [0.3, 0.4) is 0 Å². The average molecular weight is 427 g/mol. The van der Waals surface area contributed by atoms with Crippen molar-refractivity contribution < 1.29 is 32.2 Å². The molecule has 0 aliphatic heterocycles. The number of nitrogens with one attached hydrogen (secondary N) is 1. The number of esters is 1. The van der Waals surface area contributed by atoms with Crippen LogP contribution in [0.1, 0.15) is 18.1 Å². The predicted molar refractivity (Wildman–Crippen MR) is 97.3 cm³/mol. The minimum Gasteiger partial charge on any atom is -0.481 e. The number of amides is 1. The summed E-state index contributed by atoms with van der Waals surface area (Å²) < 4.78 is 48.4. The Labute approximate surface area is 168 Å². The van der Waals surface area contributed by atoms with Crippen LogP contribution in [0.25, 0.3) is 0 Å². The van der Waals surface area contributed by atoms with Crippen LogP contribution >= 0.6 is 11.6 Å². The van der Waals surface area contributed by atoms with Crippen LogP contribution < -0.4 is 10.1 Å². The lowest BCUT2D eigenvalue weighted by molar-refractivity contribution is -0.155. The van der Waals surface area contributed by atoms with E-state index in [9.17, 15) is 22.8 Å². The van der Waals surface area contributed by atoms with Gasteiger partial charge in [0.1, 0.15) is 11.8 Å². The number of alkyl halides is 3. The van der Waals surface area contributed by atoms with E-state index in [2.05, 4.69) is 5.32 Å². The van der Waals surface area contributed by atoms with Crippen LogP contribution in [0.5, 0.6) is 5.75 Å². The van der Waals surface area contributed by atoms with Gasteiger partial charge in [0.2, 0.25) is 0 Å². The molecule has 0 spiro atoms. The molecule has 29 heavy (non-hydrogen) atoms. The molecule has 0 fully saturated rings. The molecule has 2 rings (SSSR count). The van der Waals surface area contributed by atoms with E-state index in [1.807, 2.05) is 6.07 Å². The van der Waals surface area contributed by atoms with Gasteiger partial charge in [-0.15, -0.1) is 0 Å². The van der Waals surface area contributed by atoms with Crippen molar-refractivity contribution in [3.8, 4) is 11.8 Å². The van der Waals surface area contributed by atoms with Crippen molar-refractivity contribution in [1.29, 1.82) is 5.26 Å². The number of benzene rings is 2. The lowest BCUT2D eigenvalue weighted by Crippen LogP contribution is -2.31. The monoisotopic (exact) mass is 426 g/mol. The van der Waals surface area contributed by atoms with E-state index in [0.717, 1.165) is 12.1 Å². The van der Waals surface area contributed by atoms with Gasteiger partial charge in [0.15, 0.2) is 12.7 Å². The van der Waals surface area contributed by atoms with Gasteiger partial charge >= 0.3 is 12.1 Å². The molecule has 1 amide bonds. The molecule has 1 unspecified atom stereocenters. The second kappa shape index (κ2) is 9.30. The molecule has 10 heteroatoms. The molecule has 2 aromatic rings. The Kier molecular flexibility index (Phi) is 7.07. The molecule has 0 heterocycles. The number of nitriles is 1. The van der Waals surface area contributed by atoms with Crippen molar-refractivity contribution >= 4 is 29.2 Å². The Morgan fingerprint density at radius 3 is 2.59 bits per heavy atom. The van der Waals surface area contributed by atoms with Gasteiger partial charge in [0, 0.05) is 0 Å². The summed E-state index contributed by atoms with van der Waals surface area (Å²) in [5, 5.41) is 11.0. The minimum absolute atomic E-state index is 0.110. The summed E-state index contributed by atoms with van der Waals surface area (Å²) in [7, 11) is 0. The van der Waals surface area contributed by atoms with Gasteiger partial charge in [0.25, 0.3) is 5.91 Å². The van der Waals surface area contributed by atoms with Crippen molar-refractivity contribution in [2.24, 2.45) is 0 Å². The summed E-state index contributed by atoms with van der Waals surface area (Å²) in [6, 6.07) is 10.5. The molecule has 0 aliphatic rings. The van der Waals surface area contributed by atoms with E-state index in [-0.39, 0.29) is 22.0 Å². The first-order chi connectivity index (χ1) is 13.6. The highest BCUT2D eigenvalue weighted by molar-refractivity contribution is 6.33. The maximum Gasteiger partial charge on any atom is 0.416 e. The molecule has 1 N–H and O–H groups in total. The Morgan fingerprint density at radius 2 is 1.93 bits per heavy atom. The minimum atomic E-state index is -4.61. The van der Waals surface area contributed by atoms with Gasteiger partial charge in [-0.1, -0.05) is 23.7 Å². The number of rotatable bonds is 6. The first-order valence-corrected chi connectivity index (χ1v) is 8.48. The molecule has 0 saturated carbocycles. The van der Waals surface area contributed by atoms with Gasteiger partial charge in [-0.2, -0.15) is 18.4 Å². The largest absolute Gasteiger partial charge is 0.481 e. The van der Waals surface area contributed by atoms with Gasteiger partial charge in [-0.3, -0.25) is 4.79 Å². The molecule has 152 valence electrons. The quantitative estimate of drug-likeness (QED) is 0.700. The SMILES string of the molecule is CC(OC(=O)COc1ccccc1C#N)C(=O)Nc1cc(C(F)(F)F)ccc1Cl. The summed E-state index contributed by atoms with van der Waals surface area (Å²) in [4.78, 5) is 24.0. The van der Waals surface area contributed by atoms with Crippen LogP contribution in [-0.2, 0) is 20.5 Å². The summed E-state index contributed by atoms with van der Waals surface area (Å²) >= 11 is 5.81. The zero-order chi connectivity index (χ0) is 21.6. The topological polar surface area (TPSA) is 88.4 Å². The van der Waals surface area contributed by atoms with Gasteiger partial charge in [0.05, 0.1) is 21.8 Å². The number of para-hydroxylation sites is 1. The number of carbonyl (C=O) groups excluding carboxylic acids is 2. The van der Waals surface area contributed by atoms with E-state index in [0.29, 0.717) is 6.07 Å². The Bertz CT molecular complexity index is 957. The highest BCUT2D eigenvalue weighted by atomic mass is 35.5. The van der Waals surface area contributed by atoms with Crippen molar-refractivity contribution in [3.05, 3.63) is 58.6 Å². The van der Waals surface area contributed by atoms with Crippen molar-refractivity contribution in [2.75, 3.05) is 11.9 Å². The Hall–Kier alpha value is -3.25. The van der Waals surface area contributed by atoms with E-state index >= 15 is 0 Å². The highest BCUT2D eigenvalue weighted by Crippen LogP contribution is 2.33.